The van der Waals surface area contributed by atoms with Gasteiger partial charge in [0.05, 0.1) is 5.56 Å². The predicted molar refractivity (Wildman–Crippen MR) is 67.2 cm³/mol. The van der Waals surface area contributed by atoms with Gasteiger partial charge < -0.3 is 9.47 Å². The van der Waals surface area contributed by atoms with Gasteiger partial charge >= 0.3 is 0 Å². The average Bonchev–Trinajstić information content (AvgIpc) is 2.41. The smallest absolute Gasteiger partial charge is 0.187 e. The maximum atomic E-state index is 9.08. The zero-order chi connectivity index (χ0) is 12.7. The number of rotatable bonds is 0. The summed E-state index contributed by atoms with van der Waals surface area (Å²) in [4.78, 5) is 0. The van der Waals surface area contributed by atoms with Crippen molar-refractivity contribution >= 4 is 0 Å². The van der Waals surface area contributed by atoms with Crippen LogP contribution in [0.5, 0.6) is 23.0 Å². The Balaban J connectivity index is 2.22. The van der Waals surface area contributed by atoms with E-state index in [9.17, 15) is 0 Å². The highest BCUT2D eigenvalue weighted by molar-refractivity contribution is 5.63. The SMILES string of the molecule is Cc1ccc(C)c2c1Oc1cccc(C#N)c1O2. The summed E-state index contributed by atoms with van der Waals surface area (Å²) in [5.74, 6) is 2.53. The number of ether oxygens (including phenoxy) is 2. The van der Waals surface area contributed by atoms with Crippen LogP contribution in [0.1, 0.15) is 16.7 Å². The minimum absolute atomic E-state index is 0.485. The van der Waals surface area contributed by atoms with Crippen LogP contribution in [0.25, 0.3) is 0 Å². The van der Waals surface area contributed by atoms with Crippen LogP contribution >= 0.6 is 0 Å². The summed E-state index contributed by atoms with van der Waals surface area (Å²) in [6, 6.07) is 11.4. The standard InChI is InChI=1S/C15H11NO2/c1-9-6-7-10(2)14-13(9)17-12-5-3-4-11(8-16)15(12)18-14/h3-7H,1-2H3. The lowest BCUT2D eigenvalue weighted by molar-refractivity contribution is 0.354. The molecule has 1 aliphatic heterocycles. The fourth-order valence-corrected chi connectivity index (χ4v) is 2.01. The number of benzene rings is 2. The van der Waals surface area contributed by atoms with E-state index in [1.807, 2.05) is 26.0 Å². The third kappa shape index (κ3) is 1.43. The molecule has 3 nitrogen and oxygen atoms in total. The Morgan fingerprint density at radius 3 is 2.22 bits per heavy atom. The molecule has 0 bridgehead atoms. The molecule has 0 spiro atoms. The molecule has 0 saturated carbocycles. The number of hydrogen-bond acceptors (Lipinski definition) is 3. The lowest BCUT2D eigenvalue weighted by atomic mass is 10.1. The van der Waals surface area contributed by atoms with Gasteiger partial charge in [-0.2, -0.15) is 5.26 Å². The monoisotopic (exact) mass is 237 g/mol. The molecule has 18 heavy (non-hydrogen) atoms. The molecular weight excluding hydrogens is 226 g/mol. The van der Waals surface area contributed by atoms with Crippen LogP contribution in [0.2, 0.25) is 0 Å². The zero-order valence-electron chi connectivity index (χ0n) is 10.2. The summed E-state index contributed by atoms with van der Waals surface area (Å²) < 4.78 is 11.7. The van der Waals surface area contributed by atoms with E-state index < -0.39 is 0 Å². The van der Waals surface area contributed by atoms with Crippen molar-refractivity contribution in [1.29, 1.82) is 5.26 Å². The largest absolute Gasteiger partial charge is 0.449 e. The molecule has 0 atom stereocenters. The number of nitriles is 1. The van der Waals surface area contributed by atoms with Gasteiger partial charge in [0.15, 0.2) is 23.0 Å². The van der Waals surface area contributed by atoms with Crippen molar-refractivity contribution in [2.45, 2.75) is 13.8 Å². The van der Waals surface area contributed by atoms with Gasteiger partial charge in [-0.1, -0.05) is 18.2 Å². The first-order valence-electron chi connectivity index (χ1n) is 5.69. The van der Waals surface area contributed by atoms with E-state index in [1.54, 1.807) is 18.2 Å². The van der Waals surface area contributed by atoms with Crippen molar-refractivity contribution < 1.29 is 9.47 Å². The van der Waals surface area contributed by atoms with E-state index in [1.165, 1.54) is 0 Å². The van der Waals surface area contributed by atoms with Crippen LogP contribution in [-0.4, -0.2) is 0 Å². The fourth-order valence-electron chi connectivity index (χ4n) is 2.01. The highest BCUT2D eigenvalue weighted by atomic mass is 16.6. The molecule has 0 fully saturated rings. The Morgan fingerprint density at radius 1 is 0.889 bits per heavy atom. The Bertz CT molecular complexity index is 684. The first kappa shape index (κ1) is 10.7. The maximum absolute atomic E-state index is 9.08. The molecule has 2 aromatic carbocycles. The van der Waals surface area contributed by atoms with Gasteiger partial charge in [0.1, 0.15) is 6.07 Å². The normalized spacial score (nSPS) is 11.6. The third-order valence-electron chi connectivity index (χ3n) is 3.02. The second kappa shape index (κ2) is 3.78. The number of nitrogens with zero attached hydrogens (tertiary/aromatic N) is 1. The Morgan fingerprint density at radius 2 is 1.56 bits per heavy atom. The van der Waals surface area contributed by atoms with E-state index in [4.69, 9.17) is 14.7 Å². The van der Waals surface area contributed by atoms with Crippen molar-refractivity contribution in [2.75, 3.05) is 0 Å². The lowest BCUT2D eigenvalue weighted by Gasteiger charge is -2.23. The van der Waals surface area contributed by atoms with Crippen LogP contribution in [0.15, 0.2) is 30.3 Å². The van der Waals surface area contributed by atoms with Crippen molar-refractivity contribution in [3.05, 3.63) is 47.0 Å². The molecule has 0 radical (unpaired) electrons. The number of aryl methyl sites for hydroxylation is 2. The van der Waals surface area contributed by atoms with Gasteiger partial charge in [0, 0.05) is 0 Å². The second-order valence-corrected chi connectivity index (χ2v) is 4.31. The fraction of sp³-hybridized carbons (Fsp3) is 0.133. The average molecular weight is 237 g/mol. The summed E-state index contributed by atoms with van der Waals surface area (Å²) in [6.45, 7) is 3.93. The van der Waals surface area contributed by atoms with Crippen LogP contribution < -0.4 is 9.47 Å². The third-order valence-corrected chi connectivity index (χ3v) is 3.02. The predicted octanol–water partition coefficient (Wildman–Crippen LogP) is 4.07. The molecule has 1 heterocycles. The van der Waals surface area contributed by atoms with Crippen molar-refractivity contribution in [1.82, 2.24) is 0 Å². The summed E-state index contributed by atoms with van der Waals surface area (Å²) in [5.41, 5.74) is 2.50. The highest BCUT2D eigenvalue weighted by Gasteiger charge is 2.24. The number of hydrogen-bond donors (Lipinski definition) is 0. The Labute approximate surface area is 105 Å². The van der Waals surface area contributed by atoms with Crippen LogP contribution in [0.3, 0.4) is 0 Å². The summed E-state index contributed by atoms with van der Waals surface area (Å²) >= 11 is 0. The summed E-state index contributed by atoms with van der Waals surface area (Å²) in [6.07, 6.45) is 0. The van der Waals surface area contributed by atoms with E-state index in [2.05, 4.69) is 6.07 Å². The molecule has 0 aliphatic carbocycles. The minimum atomic E-state index is 0.485. The van der Waals surface area contributed by atoms with Gasteiger partial charge in [-0.3, -0.25) is 0 Å². The van der Waals surface area contributed by atoms with Crippen LogP contribution in [-0.2, 0) is 0 Å². The molecule has 0 N–H and O–H groups in total. The van der Waals surface area contributed by atoms with Gasteiger partial charge in [-0.25, -0.2) is 0 Å². The molecule has 3 heteroatoms. The lowest BCUT2D eigenvalue weighted by Crippen LogP contribution is -2.03. The molecule has 0 aromatic heterocycles. The molecule has 3 rings (SSSR count). The summed E-state index contributed by atoms with van der Waals surface area (Å²) in [7, 11) is 0. The van der Waals surface area contributed by atoms with E-state index in [-0.39, 0.29) is 0 Å². The van der Waals surface area contributed by atoms with E-state index in [0.29, 0.717) is 22.8 Å². The van der Waals surface area contributed by atoms with Gasteiger partial charge in [0.2, 0.25) is 0 Å². The van der Waals surface area contributed by atoms with Gasteiger partial charge in [0.25, 0.3) is 0 Å². The zero-order valence-corrected chi connectivity index (χ0v) is 10.2. The minimum Gasteiger partial charge on any atom is -0.449 e. The van der Waals surface area contributed by atoms with Crippen LogP contribution in [0, 0.1) is 25.2 Å². The van der Waals surface area contributed by atoms with Crippen molar-refractivity contribution in [3.8, 4) is 29.1 Å². The van der Waals surface area contributed by atoms with Gasteiger partial charge in [-0.05, 0) is 37.1 Å². The Hall–Kier alpha value is -2.47. The Kier molecular flexibility index (Phi) is 2.24. The molecular formula is C15H11NO2. The van der Waals surface area contributed by atoms with E-state index >= 15 is 0 Å². The molecule has 2 aromatic rings. The van der Waals surface area contributed by atoms with E-state index in [0.717, 1.165) is 16.9 Å². The highest BCUT2D eigenvalue weighted by Crippen LogP contribution is 2.49. The van der Waals surface area contributed by atoms with Crippen LogP contribution in [0.4, 0.5) is 0 Å². The topological polar surface area (TPSA) is 42.2 Å². The second-order valence-electron chi connectivity index (χ2n) is 4.31. The van der Waals surface area contributed by atoms with Gasteiger partial charge in [-0.15, -0.1) is 0 Å². The molecule has 1 aliphatic rings. The maximum Gasteiger partial charge on any atom is 0.187 e. The first-order valence-corrected chi connectivity index (χ1v) is 5.69. The van der Waals surface area contributed by atoms with Crippen molar-refractivity contribution in [2.24, 2.45) is 0 Å². The molecule has 0 saturated heterocycles. The molecule has 0 amide bonds. The summed E-state index contributed by atoms with van der Waals surface area (Å²) in [5, 5.41) is 9.08. The first-order chi connectivity index (χ1) is 8.70. The quantitative estimate of drug-likeness (QED) is 0.591. The number of fused-ring (bicyclic) bond motifs is 2. The van der Waals surface area contributed by atoms with Crippen molar-refractivity contribution in [3.63, 3.8) is 0 Å². The number of para-hydroxylation sites is 1. The molecule has 88 valence electrons. The molecule has 0 unspecified atom stereocenters.